The molecule has 0 saturated carbocycles. The third-order valence-electron chi connectivity index (χ3n) is 6.32. The van der Waals surface area contributed by atoms with E-state index in [9.17, 15) is 13.2 Å². The first kappa shape index (κ1) is 27.1. The Kier molecular flexibility index (Phi) is 7.99. The van der Waals surface area contributed by atoms with Gasteiger partial charge in [0.15, 0.2) is 0 Å². The zero-order valence-electron chi connectivity index (χ0n) is 21.8. The number of fused-ring (bicyclic) bond motifs is 2. The van der Waals surface area contributed by atoms with Crippen LogP contribution in [0.2, 0.25) is 0 Å². The molecule has 0 aliphatic carbocycles. The summed E-state index contributed by atoms with van der Waals surface area (Å²) in [4.78, 5) is 16.7. The fraction of sp³-hybridized carbons (Fsp3) is 0.241. The molecule has 9 heteroatoms. The highest BCUT2D eigenvalue weighted by Gasteiger charge is 2.43. The molecule has 0 bridgehead atoms. The van der Waals surface area contributed by atoms with E-state index in [1.165, 1.54) is 10.4 Å². The SMILES string of the molecule is CC.Cc1cc(C(C)Oc2ccc(N3C(CC(=O)NO)c4ccccc4S3(=O)=O)cc2)c2ccccc2n1. The van der Waals surface area contributed by atoms with Crippen LogP contribution >= 0.6 is 0 Å². The molecule has 2 N–H and O–H groups in total. The summed E-state index contributed by atoms with van der Waals surface area (Å²) in [6, 6.07) is 22.4. The van der Waals surface area contributed by atoms with Crippen LogP contribution < -0.4 is 14.5 Å². The number of pyridine rings is 1. The standard InChI is InChI=1S/C27H25N3O5S.C2H6/c1-17-15-23(21-7-3-5-9-24(21)28-17)18(2)35-20-13-11-19(12-14-20)30-25(16-27(31)29-32)22-8-4-6-10-26(22)36(30,33)34;1-2/h3-15,18,25,32H,16H2,1-2H3,(H,29,31);1-2H3. The van der Waals surface area contributed by atoms with Crippen molar-refractivity contribution in [1.29, 1.82) is 0 Å². The molecule has 1 aliphatic heterocycles. The number of hydrogen-bond acceptors (Lipinski definition) is 6. The van der Waals surface area contributed by atoms with E-state index in [2.05, 4.69) is 4.98 Å². The molecule has 5 rings (SSSR count). The van der Waals surface area contributed by atoms with Crippen molar-refractivity contribution in [3.05, 3.63) is 95.7 Å². The van der Waals surface area contributed by atoms with Gasteiger partial charge in [0.25, 0.3) is 10.0 Å². The second-order valence-electron chi connectivity index (χ2n) is 8.72. The number of amides is 1. The monoisotopic (exact) mass is 533 g/mol. The van der Waals surface area contributed by atoms with Gasteiger partial charge in [-0.3, -0.25) is 19.3 Å². The molecule has 1 aliphatic rings. The third kappa shape index (κ3) is 5.07. The summed E-state index contributed by atoms with van der Waals surface area (Å²) < 4.78 is 34.2. The minimum atomic E-state index is -3.89. The first-order valence-electron chi connectivity index (χ1n) is 12.5. The highest BCUT2D eigenvalue weighted by Crippen LogP contribution is 2.44. The van der Waals surface area contributed by atoms with Gasteiger partial charge in [-0.2, -0.15) is 0 Å². The number of nitrogens with one attached hydrogen (secondary N) is 1. The molecule has 2 unspecified atom stereocenters. The molecule has 8 nitrogen and oxygen atoms in total. The van der Waals surface area contributed by atoms with Gasteiger partial charge in [0.05, 0.1) is 28.6 Å². The topological polar surface area (TPSA) is 109 Å². The summed E-state index contributed by atoms with van der Waals surface area (Å²) in [5, 5.41) is 10.1. The van der Waals surface area contributed by atoms with Gasteiger partial charge in [-0.1, -0.05) is 50.2 Å². The first-order chi connectivity index (χ1) is 18.3. The van der Waals surface area contributed by atoms with Crippen molar-refractivity contribution in [2.45, 2.75) is 51.2 Å². The summed E-state index contributed by atoms with van der Waals surface area (Å²) >= 11 is 0. The Labute approximate surface area is 222 Å². The predicted octanol–water partition coefficient (Wildman–Crippen LogP) is 5.85. The van der Waals surface area contributed by atoms with Gasteiger partial charge in [0.2, 0.25) is 5.91 Å². The van der Waals surface area contributed by atoms with Crippen LogP contribution in [0.1, 0.15) is 56.2 Å². The Balaban J connectivity index is 0.00000164. The maximum absolute atomic E-state index is 13.4. The van der Waals surface area contributed by atoms with E-state index in [0.29, 0.717) is 17.0 Å². The Morgan fingerprint density at radius 2 is 1.71 bits per heavy atom. The number of aromatic nitrogens is 1. The summed E-state index contributed by atoms with van der Waals surface area (Å²) in [5.74, 6) is -0.103. The minimum absolute atomic E-state index is 0.148. The van der Waals surface area contributed by atoms with E-state index in [1.54, 1.807) is 47.9 Å². The maximum Gasteiger partial charge on any atom is 0.265 e. The van der Waals surface area contributed by atoms with Gasteiger partial charge < -0.3 is 4.74 Å². The molecule has 38 heavy (non-hydrogen) atoms. The Morgan fingerprint density at radius 3 is 2.42 bits per heavy atom. The van der Waals surface area contributed by atoms with Gasteiger partial charge >= 0.3 is 0 Å². The Bertz CT molecular complexity index is 1550. The van der Waals surface area contributed by atoms with E-state index < -0.39 is 22.0 Å². The molecule has 2 heterocycles. The van der Waals surface area contributed by atoms with Crippen LogP contribution in [-0.2, 0) is 14.8 Å². The molecule has 4 aromatic rings. The summed E-state index contributed by atoms with van der Waals surface area (Å²) in [6.45, 7) is 7.90. The molecular weight excluding hydrogens is 502 g/mol. The van der Waals surface area contributed by atoms with Crippen LogP contribution in [0.3, 0.4) is 0 Å². The van der Waals surface area contributed by atoms with Crippen molar-refractivity contribution in [2.24, 2.45) is 0 Å². The van der Waals surface area contributed by atoms with Gasteiger partial charge in [0.1, 0.15) is 11.9 Å². The zero-order chi connectivity index (χ0) is 27.4. The maximum atomic E-state index is 13.4. The Morgan fingerprint density at radius 1 is 1.05 bits per heavy atom. The van der Waals surface area contributed by atoms with Crippen molar-refractivity contribution >= 4 is 32.5 Å². The van der Waals surface area contributed by atoms with Crippen LogP contribution in [0.5, 0.6) is 5.75 Å². The van der Waals surface area contributed by atoms with E-state index in [0.717, 1.165) is 22.2 Å². The number of ether oxygens (including phenoxy) is 1. The lowest BCUT2D eigenvalue weighted by Crippen LogP contribution is -2.32. The fourth-order valence-corrected chi connectivity index (χ4v) is 6.63. The van der Waals surface area contributed by atoms with Crippen molar-refractivity contribution in [1.82, 2.24) is 10.5 Å². The van der Waals surface area contributed by atoms with Crippen LogP contribution in [0.4, 0.5) is 5.69 Å². The number of anilines is 1. The molecule has 0 fully saturated rings. The lowest BCUT2D eigenvalue weighted by atomic mass is 10.0. The number of para-hydroxylation sites is 1. The number of aryl methyl sites for hydroxylation is 1. The van der Waals surface area contributed by atoms with E-state index in [-0.39, 0.29) is 17.4 Å². The summed E-state index contributed by atoms with van der Waals surface area (Å²) in [7, 11) is -3.89. The highest BCUT2D eigenvalue weighted by molar-refractivity contribution is 7.93. The van der Waals surface area contributed by atoms with E-state index in [4.69, 9.17) is 9.94 Å². The van der Waals surface area contributed by atoms with Crippen LogP contribution in [0.25, 0.3) is 10.9 Å². The number of benzene rings is 3. The van der Waals surface area contributed by atoms with Crippen molar-refractivity contribution in [2.75, 3.05) is 4.31 Å². The number of carbonyl (C=O) groups is 1. The first-order valence-corrected chi connectivity index (χ1v) is 13.9. The lowest BCUT2D eigenvalue weighted by Gasteiger charge is -2.25. The smallest absolute Gasteiger partial charge is 0.265 e. The van der Waals surface area contributed by atoms with Gasteiger partial charge in [-0.05, 0) is 61.9 Å². The molecular formula is C29H31N3O5S. The van der Waals surface area contributed by atoms with E-state index >= 15 is 0 Å². The molecule has 3 aromatic carbocycles. The number of carbonyl (C=O) groups excluding carboxylic acids is 1. The number of hydroxylamine groups is 1. The number of nitrogens with zero attached hydrogens (tertiary/aromatic N) is 2. The normalized spacial score (nSPS) is 16.2. The number of hydrogen-bond donors (Lipinski definition) is 2. The third-order valence-corrected chi connectivity index (χ3v) is 8.23. The van der Waals surface area contributed by atoms with E-state index in [1.807, 2.05) is 58.0 Å². The average Bonchev–Trinajstić information content (AvgIpc) is 3.15. The summed E-state index contributed by atoms with van der Waals surface area (Å²) in [5.41, 5.74) is 5.31. The number of rotatable bonds is 6. The molecule has 0 saturated heterocycles. The molecule has 1 amide bonds. The van der Waals surface area contributed by atoms with Crippen molar-refractivity contribution in [3.8, 4) is 5.75 Å². The lowest BCUT2D eigenvalue weighted by molar-refractivity contribution is -0.129. The quantitative estimate of drug-likeness (QED) is 0.238. The predicted molar refractivity (Wildman–Crippen MR) is 147 cm³/mol. The van der Waals surface area contributed by atoms with Crippen LogP contribution in [-0.4, -0.2) is 24.5 Å². The van der Waals surface area contributed by atoms with Crippen LogP contribution in [0, 0.1) is 6.92 Å². The summed E-state index contributed by atoms with van der Waals surface area (Å²) in [6.07, 6.45) is -0.500. The molecule has 1 aromatic heterocycles. The second kappa shape index (κ2) is 11.2. The van der Waals surface area contributed by atoms with Gasteiger partial charge in [-0.15, -0.1) is 0 Å². The average molecular weight is 534 g/mol. The van der Waals surface area contributed by atoms with Crippen molar-refractivity contribution in [3.63, 3.8) is 0 Å². The minimum Gasteiger partial charge on any atom is -0.486 e. The van der Waals surface area contributed by atoms with Crippen LogP contribution in [0.15, 0.2) is 83.8 Å². The zero-order valence-corrected chi connectivity index (χ0v) is 22.6. The van der Waals surface area contributed by atoms with Gasteiger partial charge in [-0.25, -0.2) is 13.9 Å². The molecule has 198 valence electrons. The molecule has 0 spiro atoms. The molecule has 0 radical (unpaired) electrons. The second-order valence-corrected chi connectivity index (χ2v) is 10.5. The number of sulfonamides is 1. The van der Waals surface area contributed by atoms with Gasteiger partial charge in [0, 0.05) is 16.6 Å². The van der Waals surface area contributed by atoms with Crippen molar-refractivity contribution < 1.29 is 23.2 Å². The largest absolute Gasteiger partial charge is 0.486 e. The Hall–Kier alpha value is -3.95. The fourth-order valence-electron chi connectivity index (χ4n) is 4.74. The molecule has 2 atom stereocenters. The highest BCUT2D eigenvalue weighted by atomic mass is 32.2.